The van der Waals surface area contributed by atoms with E-state index in [2.05, 4.69) is 15.9 Å². The van der Waals surface area contributed by atoms with Crippen LogP contribution in [0.1, 0.15) is 25.7 Å². The molecule has 18 heavy (non-hydrogen) atoms. The van der Waals surface area contributed by atoms with Gasteiger partial charge in [-0.1, -0.05) is 22.4 Å². The van der Waals surface area contributed by atoms with Gasteiger partial charge in [0, 0.05) is 15.9 Å². The van der Waals surface area contributed by atoms with Crippen LogP contribution in [0.3, 0.4) is 0 Å². The fourth-order valence-electron chi connectivity index (χ4n) is 3.57. The molecule has 98 valence electrons. The summed E-state index contributed by atoms with van der Waals surface area (Å²) < 4.78 is 13.4. The van der Waals surface area contributed by atoms with Crippen LogP contribution in [-0.2, 0) is 10.8 Å². The molecule has 0 heterocycles. The first-order valence-electron chi connectivity index (χ1n) is 6.57. The van der Waals surface area contributed by atoms with Gasteiger partial charge in [-0.15, -0.1) is 0 Å². The molecule has 0 aromatic heterocycles. The number of nitrogen functional groups attached to an aromatic ring is 1. The molecule has 0 radical (unpaired) electrons. The Bertz CT molecular complexity index is 491. The second-order valence-corrected chi connectivity index (χ2v) is 8.01. The van der Waals surface area contributed by atoms with Gasteiger partial charge in [0.15, 0.2) is 0 Å². The highest BCUT2D eigenvalue weighted by Crippen LogP contribution is 2.48. The summed E-state index contributed by atoms with van der Waals surface area (Å²) in [6, 6.07) is 5.63. The lowest BCUT2D eigenvalue weighted by atomic mass is 9.90. The number of fused-ring (bicyclic) bond motifs is 2. The van der Waals surface area contributed by atoms with Gasteiger partial charge in [-0.25, -0.2) is 0 Å². The maximum atomic E-state index is 12.5. The molecule has 2 bridgehead atoms. The first-order chi connectivity index (χ1) is 8.63. The van der Waals surface area contributed by atoms with Gasteiger partial charge < -0.3 is 5.73 Å². The van der Waals surface area contributed by atoms with E-state index in [0.717, 1.165) is 27.0 Å². The van der Waals surface area contributed by atoms with Gasteiger partial charge in [0.05, 0.1) is 15.7 Å². The fourth-order valence-corrected chi connectivity index (χ4v) is 5.65. The molecule has 1 aromatic carbocycles. The van der Waals surface area contributed by atoms with Crippen LogP contribution in [0.5, 0.6) is 0 Å². The number of nitrogens with two attached hydrogens (primary N) is 1. The quantitative estimate of drug-likeness (QED) is 0.862. The number of rotatable bonds is 3. The molecular formula is C14H18BrNOS. The Labute approximate surface area is 119 Å². The van der Waals surface area contributed by atoms with E-state index in [0.29, 0.717) is 11.6 Å². The summed E-state index contributed by atoms with van der Waals surface area (Å²) in [6.07, 6.45) is 5.40. The summed E-state index contributed by atoms with van der Waals surface area (Å²) in [5.41, 5.74) is 6.58. The van der Waals surface area contributed by atoms with Crippen molar-refractivity contribution in [2.24, 2.45) is 17.8 Å². The Morgan fingerprint density at radius 3 is 2.83 bits per heavy atom. The smallest absolute Gasteiger partial charge is 0.0628 e. The summed E-state index contributed by atoms with van der Waals surface area (Å²) in [6.45, 7) is 0. The topological polar surface area (TPSA) is 43.1 Å². The summed E-state index contributed by atoms with van der Waals surface area (Å²) in [5.74, 6) is 3.19. The standard InChI is InChI=1S/C14H18BrNOS/c15-12-3-4-13(16)14(7-12)18(17)8-11-6-9-1-2-10(11)5-9/h3-4,7,9-11H,1-2,5-6,8,16H2. The zero-order valence-corrected chi connectivity index (χ0v) is 12.7. The molecule has 0 saturated heterocycles. The normalized spacial score (nSPS) is 31.7. The lowest BCUT2D eigenvalue weighted by Gasteiger charge is -2.21. The Morgan fingerprint density at radius 1 is 1.33 bits per heavy atom. The van der Waals surface area contributed by atoms with Crippen molar-refractivity contribution < 1.29 is 4.21 Å². The van der Waals surface area contributed by atoms with E-state index in [1.165, 1.54) is 25.7 Å². The monoisotopic (exact) mass is 327 g/mol. The average Bonchev–Trinajstić information content (AvgIpc) is 2.94. The Hall–Kier alpha value is -0.350. The molecule has 2 aliphatic carbocycles. The number of hydrogen-bond donors (Lipinski definition) is 1. The van der Waals surface area contributed by atoms with Crippen molar-refractivity contribution in [3.05, 3.63) is 22.7 Å². The minimum absolute atomic E-state index is 0.652. The molecule has 2 fully saturated rings. The maximum Gasteiger partial charge on any atom is 0.0628 e. The molecule has 4 atom stereocenters. The van der Waals surface area contributed by atoms with Gasteiger partial charge in [0.25, 0.3) is 0 Å². The second kappa shape index (κ2) is 4.97. The van der Waals surface area contributed by atoms with Crippen molar-refractivity contribution in [2.75, 3.05) is 11.5 Å². The first kappa shape index (κ1) is 12.7. The van der Waals surface area contributed by atoms with Gasteiger partial charge in [0.1, 0.15) is 0 Å². The maximum absolute atomic E-state index is 12.5. The third-order valence-corrected chi connectivity index (χ3v) is 6.54. The zero-order chi connectivity index (χ0) is 12.7. The van der Waals surface area contributed by atoms with Crippen molar-refractivity contribution in [2.45, 2.75) is 30.6 Å². The summed E-state index contributed by atoms with van der Waals surface area (Å²) >= 11 is 3.42. The predicted molar refractivity (Wildman–Crippen MR) is 78.8 cm³/mol. The van der Waals surface area contributed by atoms with Gasteiger partial charge >= 0.3 is 0 Å². The third kappa shape index (κ3) is 2.37. The van der Waals surface area contributed by atoms with E-state index >= 15 is 0 Å². The van der Waals surface area contributed by atoms with Crippen LogP contribution in [-0.4, -0.2) is 9.96 Å². The molecule has 0 spiro atoms. The van der Waals surface area contributed by atoms with Crippen LogP contribution in [0, 0.1) is 17.8 Å². The van der Waals surface area contributed by atoms with Gasteiger partial charge in [0.2, 0.25) is 0 Å². The highest BCUT2D eigenvalue weighted by molar-refractivity contribution is 9.10. The second-order valence-electron chi connectivity index (χ2n) is 5.63. The van der Waals surface area contributed by atoms with Crippen molar-refractivity contribution in [3.63, 3.8) is 0 Å². The van der Waals surface area contributed by atoms with Crippen LogP contribution >= 0.6 is 15.9 Å². The number of hydrogen-bond acceptors (Lipinski definition) is 2. The molecular weight excluding hydrogens is 310 g/mol. The number of benzene rings is 1. The number of halogens is 1. The van der Waals surface area contributed by atoms with E-state index in [4.69, 9.17) is 5.73 Å². The highest BCUT2D eigenvalue weighted by Gasteiger charge is 2.40. The largest absolute Gasteiger partial charge is 0.398 e. The Kier molecular flexibility index (Phi) is 3.50. The van der Waals surface area contributed by atoms with Crippen LogP contribution in [0.25, 0.3) is 0 Å². The molecule has 2 N–H and O–H groups in total. The van der Waals surface area contributed by atoms with Gasteiger partial charge in [-0.05, 0) is 55.2 Å². The molecule has 0 amide bonds. The summed E-state index contributed by atoms with van der Waals surface area (Å²) in [4.78, 5) is 0.798. The minimum atomic E-state index is -0.952. The fraction of sp³-hybridized carbons (Fsp3) is 0.571. The molecule has 2 saturated carbocycles. The van der Waals surface area contributed by atoms with E-state index in [-0.39, 0.29) is 0 Å². The lowest BCUT2D eigenvalue weighted by molar-refractivity contribution is 0.363. The van der Waals surface area contributed by atoms with Crippen LogP contribution in [0.15, 0.2) is 27.6 Å². The summed E-state index contributed by atoms with van der Waals surface area (Å²) in [5, 5.41) is 0. The third-order valence-electron chi connectivity index (χ3n) is 4.47. The van der Waals surface area contributed by atoms with E-state index < -0.39 is 10.8 Å². The van der Waals surface area contributed by atoms with Crippen molar-refractivity contribution in [3.8, 4) is 0 Å². The van der Waals surface area contributed by atoms with Crippen LogP contribution in [0.2, 0.25) is 0 Å². The minimum Gasteiger partial charge on any atom is -0.398 e. The summed E-state index contributed by atoms with van der Waals surface area (Å²) in [7, 11) is -0.952. The van der Waals surface area contributed by atoms with Crippen molar-refractivity contribution >= 4 is 32.4 Å². The molecule has 2 nitrogen and oxygen atoms in total. The van der Waals surface area contributed by atoms with Crippen molar-refractivity contribution in [1.29, 1.82) is 0 Å². The van der Waals surface area contributed by atoms with Gasteiger partial charge in [-0.3, -0.25) is 4.21 Å². The van der Waals surface area contributed by atoms with E-state index in [1.807, 2.05) is 18.2 Å². The Balaban J connectivity index is 1.73. The number of anilines is 1. The Morgan fingerprint density at radius 2 is 2.17 bits per heavy atom. The molecule has 4 heteroatoms. The van der Waals surface area contributed by atoms with Crippen LogP contribution < -0.4 is 5.73 Å². The van der Waals surface area contributed by atoms with Gasteiger partial charge in [-0.2, -0.15) is 0 Å². The predicted octanol–water partition coefficient (Wildman–Crippen LogP) is 3.58. The SMILES string of the molecule is Nc1ccc(Br)cc1S(=O)CC1CC2CCC1C2. The van der Waals surface area contributed by atoms with Crippen LogP contribution in [0.4, 0.5) is 5.69 Å². The molecule has 2 aliphatic rings. The van der Waals surface area contributed by atoms with E-state index in [1.54, 1.807) is 0 Å². The average molecular weight is 328 g/mol. The molecule has 0 aliphatic heterocycles. The molecule has 3 rings (SSSR count). The zero-order valence-electron chi connectivity index (χ0n) is 10.3. The first-order valence-corrected chi connectivity index (χ1v) is 8.68. The molecule has 4 unspecified atom stereocenters. The lowest BCUT2D eigenvalue weighted by Crippen LogP contribution is -2.18. The van der Waals surface area contributed by atoms with Crippen molar-refractivity contribution in [1.82, 2.24) is 0 Å². The molecule has 1 aromatic rings. The van der Waals surface area contributed by atoms with E-state index in [9.17, 15) is 4.21 Å². The highest BCUT2D eigenvalue weighted by atomic mass is 79.9.